The Morgan fingerprint density at radius 1 is 1.41 bits per heavy atom. The standard InChI is InChI=1S/C16H21P/c1-4-11(2)16(12(3)17)15-9-8-13-6-5-7-14(13)10-15/h4-6,9-10,13H,7-8,17H2,1-3H3/b11-4?,16-12+. The molecule has 0 aromatic carbocycles. The third-order valence-corrected chi connectivity index (χ3v) is 3.93. The van der Waals surface area contributed by atoms with Crippen LogP contribution in [0.5, 0.6) is 0 Å². The maximum atomic E-state index is 2.85. The van der Waals surface area contributed by atoms with Gasteiger partial charge in [0.15, 0.2) is 0 Å². The Balaban J connectivity index is 2.36. The molecule has 0 aromatic heterocycles. The normalized spacial score (nSPS) is 25.2. The monoisotopic (exact) mass is 244 g/mol. The summed E-state index contributed by atoms with van der Waals surface area (Å²) >= 11 is 0. The van der Waals surface area contributed by atoms with E-state index in [0.29, 0.717) is 5.92 Å². The lowest BCUT2D eigenvalue weighted by Gasteiger charge is -2.20. The zero-order valence-corrected chi connectivity index (χ0v) is 12.1. The molecule has 17 heavy (non-hydrogen) atoms. The molecule has 0 heterocycles. The van der Waals surface area contributed by atoms with Gasteiger partial charge in [0.2, 0.25) is 0 Å². The van der Waals surface area contributed by atoms with Crippen LogP contribution in [0.2, 0.25) is 0 Å². The number of fused-ring (bicyclic) bond motifs is 1. The van der Waals surface area contributed by atoms with Crippen LogP contribution in [-0.2, 0) is 0 Å². The van der Waals surface area contributed by atoms with E-state index in [1.807, 2.05) is 0 Å². The van der Waals surface area contributed by atoms with Crippen molar-refractivity contribution in [2.24, 2.45) is 5.92 Å². The summed E-state index contributed by atoms with van der Waals surface area (Å²) in [7, 11) is 2.85. The quantitative estimate of drug-likeness (QED) is 0.367. The Hall–Kier alpha value is -0.870. The summed E-state index contributed by atoms with van der Waals surface area (Å²) in [5, 5.41) is 1.33. The number of hydrogen-bond donors (Lipinski definition) is 0. The molecule has 0 aromatic rings. The first-order valence-electron chi connectivity index (χ1n) is 6.30. The highest BCUT2D eigenvalue weighted by atomic mass is 31.0. The molecule has 0 radical (unpaired) electrons. The van der Waals surface area contributed by atoms with Crippen LogP contribution in [0.15, 0.2) is 58.0 Å². The summed E-state index contributed by atoms with van der Waals surface area (Å²) in [5.74, 6) is 0.677. The molecule has 0 amide bonds. The fraction of sp³-hybridized carbons (Fsp3) is 0.375. The highest BCUT2D eigenvalue weighted by Gasteiger charge is 2.20. The van der Waals surface area contributed by atoms with Crippen LogP contribution in [-0.4, -0.2) is 0 Å². The van der Waals surface area contributed by atoms with Gasteiger partial charge < -0.3 is 0 Å². The SMILES string of the molecule is CC=C(C)/C(C1=CCC2C=CCC2=C1)=C(/C)P. The van der Waals surface area contributed by atoms with Crippen molar-refractivity contribution in [3.63, 3.8) is 0 Å². The second-order valence-corrected chi connectivity index (χ2v) is 5.75. The molecule has 1 heteroatoms. The minimum atomic E-state index is 0.677. The molecular weight excluding hydrogens is 223 g/mol. The Labute approximate surface area is 107 Å². The molecular formula is C16H21P. The molecule has 2 aliphatic rings. The van der Waals surface area contributed by atoms with Gasteiger partial charge in [0, 0.05) is 5.92 Å². The van der Waals surface area contributed by atoms with Crippen LogP contribution in [0.1, 0.15) is 33.6 Å². The molecule has 90 valence electrons. The van der Waals surface area contributed by atoms with Crippen molar-refractivity contribution in [3.8, 4) is 0 Å². The first kappa shape index (κ1) is 12.6. The fourth-order valence-electron chi connectivity index (χ4n) is 2.64. The summed E-state index contributed by atoms with van der Waals surface area (Å²) in [5.41, 5.74) is 5.75. The zero-order valence-electron chi connectivity index (χ0n) is 11.0. The molecule has 0 N–H and O–H groups in total. The average molecular weight is 244 g/mol. The van der Waals surface area contributed by atoms with Crippen LogP contribution in [0.3, 0.4) is 0 Å². The lowest BCUT2D eigenvalue weighted by Crippen LogP contribution is -2.03. The van der Waals surface area contributed by atoms with Crippen molar-refractivity contribution < 1.29 is 0 Å². The van der Waals surface area contributed by atoms with E-state index in [2.05, 4.69) is 60.4 Å². The van der Waals surface area contributed by atoms with Gasteiger partial charge in [0.05, 0.1) is 0 Å². The fourth-order valence-corrected chi connectivity index (χ4v) is 3.03. The minimum absolute atomic E-state index is 0.677. The molecule has 0 fully saturated rings. The third-order valence-electron chi connectivity index (χ3n) is 3.64. The van der Waals surface area contributed by atoms with Gasteiger partial charge in [-0.05, 0) is 55.6 Å². The summed E-state index contributed by atoms with van der Waals surface area (Å²) in [4.78, 5) is 0. The average Bonchev–Trinajstić information content (AvgIpc) is 2.75. The molecule has 0 saturated heterocycles. The predicted molar refractivity (Wildman–Crippen MR) is 79.9 cm³/mol. The Morgan fingerprint density at radius 3 is 2.82 bits per heavy atom. The number of hydrogen-bond acceptors (Lipinski definition) is 0. The molecule has 0 spiro atoms. The largest absolute Gasteiger partial charge is 0.110 e. The van der Waals surface area contributed by atoms with Gasteiger partial charge in [-0.2, -0.15) is 0 Å². The molecule has 0 saturated carbocycles. The first-order valence-corrected chi connectivity index (χ1v) is 6.88. The number of rotatable bonds is 2. The summed E-state index contributed by atoms with van der Waals surface area (Å²) in [6, 6.07) is 0. The second kappa shape index (κ2) is 5.19. The van der Waals surface area contributed by atoms with Crippen LogP contribution in [0.4, 0.5) is 0 Å². The van der Waals surface area contributed by atoms with Gasteiger partial charge in [0.25, 0.3) is 0 Å². The van der Waals surface area contributed by atoms with Crippen molar-refractivity contribution in [2.45, 2.75) is 33.6 Å². The smallest absolute Gasteiger partial charge is 0.00181 e. The van der Waals surface area contributed by atoms with Gasteiger partial charge in [-0.3, -0.25) is 0 Å². The van der Waals surface area contributed by atoms with Crippen LogP contribution in [0, 0.1) is 5.92 Å². The zero-order chi connectivity index (χ0) is 12.4. The van der Waals surface area contributed by atoms with E-state index in [0.717, 1.165) is 12.8 Å². The van der Waals surface area contributed by atoms with E-state index in [-0.39, 0.29) is 0 Å². The Morgan fingerprint density at radius 2 is 2.18 bits per heavy atom. The lowest BCUT2D eigenvalue weighted by atomic mass is 9.86. The van der Waals surface area contributed by atoms with E-state index in [4.69, 9.17) is 0 Å². The van der Waals surface area contributed by atoms with E-state index in [1.165, 1.54) is 22.0 Å². The van der Waals surface area contributed by atoms with Gasteiger partial charge in [-0.25, -0.2) is 0 Å². The Bertz CT molecular complexity index is 466. The highest BCUT2D eigenvalue weighted by molar-refractivity contribution is 7.22. The van der Waals surface area contributed by atoms with Crippen LogP contribution in [0.25, 0.3) is 0 Å². The van der Waals surface area contributed by atoms with Crippen molar-refractivity contribution in [3.05, 3.63) is 58.0 Å². The van der Waals surface area contributed by atoms with Gasteiger partial charge in [-0.15, -0.1) is 9.24 Å². The summed E-state index contributed by atoms with van der Waals surface area (Å²) in [6.07, 6.45) is 13.9. The number of allylic oxidation sites excluding steroid dienone is 10. The first-order chi connectivity index (χ1) is 8.13. The maximum Gasteiger partial charge on any atom is 0.00181 e. The molecule has 0 nitrogen and oxygen atoms in total. The van der Waals surface area contributed by atoms with Crippen LogP contribution < -0.4 is 0 Å². The van der Waals surface area contributed by atoms with E-state index in [9.17, 15) is 0 Å². The van der Waals surface area contributed by atoms with E-state index < -0.39 is 0 Å². The molecule has 0 bridgehead atoms. The Kier molecular flexibility index (Phi) is 3.84. The second-order valence-electron chi connectivity index (χ2n) is 4.88. The summed E-state index contributed by atoms with van der Waals surface area (Å²) in [6.45, 7) is 6.48. The van der Waals surface area contributed by atoms with Crippen molar-refractivity contribution >= 4 is 9.24 Å². The molecule has 2 rings (SSSR count). The van der Waals surface area contributed by atoms with Crippen LogP contribution >= 0.6 is 9.24 Å². The van der Waals surface area contributed by atoms with E-state index >= 15 is 0 Å². The minimum Gasteiger partial charge on any atom is -0.110 e. The summed E-state index contributed by atoms with van der Waals surface area (Å²) < 4.78 is 0. The van der Waals surface area contributed by atoms with E-state index in [1.54, 1.807) is 5.57 Å². The van der Waals surface area contributed by atoms with Gasteiger partial charge in [0.1, 0.15) is 0 Å². The van der Waals surface area contributed by atoms with Crippen molar-refractivity contribution in [1.29, 1.82) is 0 Å². The molecule has 2 aliphatic carbocycles. The highest BCUT2D eigenvalue weighted by Crippen LogP contribution is 2.37. The topological polar surface area (TPSA) is 0 Å². The van der Waals surface area contributed by atoms with Crippen molar-refractivity contribution in [1.82, 2.24) is 0 Å². The maximum absolute atomic E-state index is 2.85. The third kappa shape index (κ3) is 2.53. The van der Waals surface area contributed by atoms with Crippen molar-refractivity contribution in [2.75, 3.05) is 0 Å². The molecule has 2 unspecified atom stereocenters. The predicted octanol–water partition coefficient (Wildman–Crippen LogP) is 4.93. The molecule has 2 atom stereocenters. The molecule has 0 aliphatic heterocycles. The van der Waals surface area contributed by atoms with Gasteiger partial charge >= 0.3 is 0 Å². The van der Waals surface area contributed by atoms with Gasteiger partial charge in [-0.1, -0.05) is 36.0 Å². The lowest BCUT2D eigenvalue weighted by molar-refractivity contribution is 0.771.